The number of anilines is 1. The zero-order chi connectivity index (χ0) is 28.1. The molecule has 0 fully saturated rings. The highest BCUT2D eigenvalue weighted by atomic mass is 32.1. The fourth-order valence-corrected chi connectivity index (χ4v) is 6.25. The summed E-state index contributed by atoms with van der Waals surface area (Å²) in [5.41, 5.74) is 0.393. The lowest BCUT2D eigenvalue weighted by Gasteiger charge is -2.33. The van der Waals surface area contributed by atoms with Crippen molar-refractivity contribution in [1.29, 1.82) is 0 Å². The largest absolute Gasteiger partial charge is 0.465 e. The second-order valence-electron chi connectivity index (χ2n) is 10.6. The van der Waals surface area contributed by atoms with E-state index in [-0.39, 0.29) is 22.5 Å². The van der Waals surface area contributed by atoms with Crippen LogP contribution < -0.4 is 5.32 Å². The Morgan fingerprint density at radius 2 is 1.85 bits per heavy atom. The molecular formula is C28H27F3N4O3S. The number of alkyl halides is 3. The maximum absolute atomic E-state index is 14.0. The molecule has 5 rings (SSSR count). The number of nitrogens with one attached hydrogen (secondary N) is 1. The first-order valence-corrected chi connectivity index (χ1v) is 13.3. The summed E-state index contributed by atoms with van der Waals surface area (Å²) in [7, 11) is 1.27. The Labute approximate surface area is 227 Å². The minimum absolute atomic E-state index is 0.0782. The minimum atomic E-state index is -4.74. The van der Waals surface area contributed by atoms with Gasteiger partial charge in [0.15, 0.2) is 17.0 Å². The number of esters is 1. The number of rotatable bonds is 4. The van der Waals surface area contributed by atoms with Crippen LogP contribution in [-0.4, -0.2) is 33.6 Å². The van der Waals surface area contributed by atoms with Gasteiger partial charge in [-0.05, 0) is 42.2 Å². The highest BCUT2D eigenvalue weighted by molar-refractivity contribution is 7.17. The Bertz CT molecular complexity index is 1570. The smallest absolute Gasteiger partial charge is 0.433 e. The standard InChI is InChI=1S/C28H27F3N4O3S/c1-27(2,3)16-10-11-17-20(12-16)39-25(23(17)26(37)38-4)33-24(36)19-14-22-32-18(15-8-6-5-7-9-15)13-21(28(29,30)31)35(22)34-19/h5-9,13-14,16H,10-12H2,1-4H3,(H,33,36). The predicted octanol–water partition coefficient (Wildman–Crippen LogP) is 6.67. The molecule has 39 heavy (non-hydrogen) atoms. The molecule has 0 spiro atoms. The first kappa shape index (κ1) is 26.9. The Hall–Kier alpha value is -3.73. The van der Waals surface area contributed by atoms with Crippen molar-refractivity contribution in [2.24, 2.45) is 11.3 Å². The molecule has 1 aliphatic rings. The normalized spacial score (nSPS) is 15.7. The molecule has 1 unspecified atom stereocenters. The maximum atomic E-state index is 14.0. The fourth-order valence-electron chi connectivity index (χ4n) is 4.94. The SMILES string of the molecule is COC(=O)c1c(NC(=O)c2cc3nc(-c4ccccc4)cc(C(F)(F)F)n3n2)sc2c1CCC(C(C)(C)C)C2. The molecule has 0 bridgehead atoms. The van der Waals surface area contributed by atoms with Gasteiger partial charge in [-0.1, -0.05) is 51.1 Å². The van der Waals surface area contributed by atoms with E-state index >= 15 is 0 Å². The van der Waals surface area contributed by atoms with Crippen molar-refractivity contribution in [3.05, 3.63) is 69.9 Å². The topological polar surface area (TPSA) is 85.6 Å². The van der Waals surface area contributed by atoms with Gasteiger partial charge < -0.3 is 10.1 Å². The molecule has 1 aromatic carbocycles. The molecule has 1 atom stereocenters. The van der Waals surface area contributed by atoms with E-state index in [2.05, 4.69) is 36.2 Å². The average molecular weight is 557 g/mol. The van der Waals surface area contributed by atoms with Crippen molar-refractivity contribution in [2.75, 3.05) is 12.4 Å². The van der Waals surface area contributed by atoms with Crippen LogP contribution >= 0.6 is 11.3 Å². The summed E-state index contributed by atoms with van der Waals surface area (Å²) in [6, 6.07) is 10.6. The quantitative estimate of drug-likeness (QED) is 0.284. The van der Waals surface area contributed by atoms with Crippen LogP contribution in [0.3, 0.4) is 0 Å². The summed E-state index contributed by atoms with van der Waals surface area (Å²) in [6.45, 7) is 6.53. The molecule has 0 radical (unpaired) electrons. The van der Waals surface area contributed by atoms with Gasteiger partial charge in [0.2, 0.25) is 0 Å². The highest BCUT2D eigenvalue weighted by Crippen LogP contribution is 2.44. The first-order valence-electron chi connectivity index (χ1n) is 12.4. The van der Waals surface area contributed by atoms with Gasteiger partial charge in [0.05, 0.1) is 18.4 Å². The first-order chi connectivity index (χ1) is 18.4. The molecule has 1 amide bonds. The van der Waals surface area contributed by atoms with Crippen molar-refractivity contribution in [1.82, 2.24) is 14.6 Å². The minimum Gasteiger partial charge on any atom is -0.465 e. The number of thiophene rings is 1. The van der Waals surface area contributed by atoms with Gasteiger partial charge in [0.25, 0.3) is 5.91 Å². The van der Waals surface area contributed by atoms with E-state index in [0.717, 1.165) is 29.3 Å². The maximum Gasteiger partial charge on any atom is 0.433 e. The van der Waals surface area contributed by atoms with Crippen LogP contribution in [0.25, 0.3) is 16.9 Å². The zero-order valence-electron chi connectivity index (χ0n) is 21.8. The summed E-state index contributed by atoms with van der Waals surface area (Å²) in [6.07, 6.45) is -2.41. The van der Waals surface area contributed by atoms with Crippen LogP contribution in [0, 0.1) is 11.3 Å². The van der Waals surface area contributed by atoms with E-state index in [1.54, 1.807) is 30.3 Å². The molecule has 3 aromatic heterocycles. The molecular weight excluding hydrogens is 529 g/mol. The number of hydrogen-bond acceptors (Lipinski definition) is 6. The Morgan fingerprint density at radius 3 is 2.49 bits per heavy atom. The van der Waals surface area contributed by atoms with Gasteiger partial charge in [-0.25, -0.2) is 14.3 Å². The zero-order valence-corrected chi connectivity index (χ0v) is 22.7. The number of carbonyl (C=O) groups excluding carboxylic acids is 2. The molecule has 0 saturated heterocycles. The summed E-state index contributed by atoms with van der Waals surface area (Å²) >= 11 is 1.30. The van der Waals surface area contributed by atoms with Crippen LogP contribution in [0.2, 0.25) is 0 Å². The molecule has 11 heteroatoms. The molecule has 0 saturated carbocycles. The van der Waals surface area contributed by atoms with Gasteiger partial charge in [-0.3, -0.25) is 4.79 Å². The van der Waals surface area contributed by atoms with E-state index in [0.29, 0.717) is 33.0 Å². The summed E-state index contributed by atoms with van der Waals surface area (Å²) in [5.74, 6) is -0.909. The third-order valence-corrected chi connectivity index (χ3v) is 8.30. The van der Waals surface area contributed by atoms with Gasteiger partial charge in [0, 0.05) is 16.5 Å². The lowest BCUT2D eigenvalue weighted by Crippen LogP contribution is -2.26. The van der Waals surface area contributed by atoms with E-state index in [4.69, 9.17) is 4.74 Å². The van der Waals surface area contributed by atoms with Gasteiger partial charge >= 0.3 is 12.1 Å². The predicted molar refractivity (Wildman–Crippen MR) is 142 cm³/mol. The summed E-state index contributed by atoms with van der Waals surface area (Å²) in [5, 5.41) is 6.96. The molecule has 204 valence electrons. The van der Waals surface area contributed by atoms with E-state index in [9.17, 15) is 22.8 Å². The molecule has 4 aromatic rings. The van der Waals surface area contributed by atoms with E-state index in [1.165, 1.54) is 24.5 Å². The van der Waals surface area contributed by atoms with Gasteiger partial charge in [-0.2, -0.15) is 18.3 Å². The van der Waals surface area contributed by atoms with Gasteiger partial charge in [-0.15, -0.1) is 11.3 Å². The van der Waals surface area contributed by atoms with Crippen molar-refractivity contribution in [3.8, 4) is 11.3 Å². The number of fused-ring (bicyclic) bond motifs is 2. The summed E-state index contributed by atoms with van der Waals surface area (Å²) < 4.78 is 47.5. The van der Waals surface area contributed by atoms with Crippen molar-refractivity contribution in [2.45, 2.75) is 46.2 Å². The number of halogens is 3. The molecule has 3 heterocycles. The molecule has 1 N–H and O–H groups in total. The Morgan fingerprint density at radius 1 is 1.13 bits per heavy atom. The number of carbonyl (C=O) groups is 2. The van der Waals surface area contributed by atoms with Crippen molar-refractivity contribution >= 4 is 33.9 Å². The second-order valence-corrected chi connectivity index (χ2v) is 11.8. The molecule has 7 nitrogen and oxygen atoms in total. The van der Waals surface area contributed by atoms with Gasteiger partial charge in [0.1, 0.15) is 5.00 Å². The average Bonchev–Trinajstić information content (AvgIpc) is 3.47. The number of ether oxygens (including phenoxy) is 1. The van der Waals surface area contributed by atoms with E-state index < -0.39 is 23.7 Å². The number of hydrogen-bond donors (Lipinski definition) is 1. The van der Waals surface area contributed by atoms with Crippen molar-refractivity contribution < 1.29 is 27.5 Å². The number of aromatic nitrogens is 3. The highest BCUT2D eigenvalue weighted by Gasteiger charge is 2.37. The van der Waals surface area contributed by atoms with Crippen LogP contribution in [0.4, 0.5) is 18.2 Å². The number of nitrogens with zero attached hydrogens (tertiary/aromatic N) is 3. The number of benzene rings is 1. The molecule has 0 aliphatic heterocycles. The molecule has 1 aliphatic carbocycles. The number of methoxy groups -OCH3 is 1. The van der Waals surface area contributed by atoms with E-state index in [1.807, 2.05) is 0 Å². The van der Waals surface area contributed by atoms with Crippen LogP contribution in [0.15, 0.2) is 42.5 Å². The Kier molecular flexibility index (Phi) is 6.74. The lowest BCUT2D eigenvalue weighted by molar-refractivity contribution is -0.142. The van der Waals surface area contributed by atoms with Crippen molar-refractivity contribution in [3.63, 3.8) is 0 Å². The van der Waals surface area contributed by atoms with Crippen LogP contribution in [0.1, 0.15) is 64.2 Å². The lowest BCUT2D eigenvalue weighted by atomic mass is 9.72. The monoisotopic (exact) mass is 556 g/mol. The fraction of sp³-hybridized carbons (Fsp3) is 0.357. The third kappa shape index (κ3) is 5.15. The Balaban J connectivity index is 1.53. The third-order valence-electron chi connectivity index (χ3n) is 7.13. The number of amides is 1. The summed E-state index contributed by atoms with van der Waals surface area (Å²) in [4.78, 5) is 31.3. The van der Waals surface area contributed by atoms with Crippen LogP contribution in [0.5, 0.6) is 0 Å². The van der Waals surface area contributed by atoms with Crippen LogP contribution in [-0.2, 0) is 23.8 Å². The second kappa shape index (κ2) is 9.78.